The molecule has 0 saturated carbocycles. The lowest BCUT2D eigenvalue weighted by atomic mass is 10.1. The van der Waals surface area contributed by atoms with E-state index >= 15 is 0 Å². The van der Waals surface area contributed by atoms with Gasteiger partial charge in [-0.05, 0) is 24.0 Å². The van der Waals surface area contributed by atoms with Crippen LogP contribution < -0.4 is 0 Å². The molecule has 0 unspecified atom stereocenters. The summed E-state index contributed by atoms with van der Waals surface area (Å²) in [6.45, 7) is 2.36. The second kappa shape index (κ2) is 6.28. The maximum Gasteiger partial charge on any atom is 0.248 e. The fourth-order valence-corrected chi connectivity index (χ4v) is 1.48. The van der Waals surface area contributed by atoms with Crippen LogP contribution in [0.2, 0.25) is 0 Å². The van der Waals surface area contributed by atoms with Gasteiger partial charge in [0.15, 0.2) is 0 Å². The second-order valence-electron chi connectivity index (χ2n) is 3.89. The summed E-state index contributed by atoms with van der Waals surface area (Å²) in [4.78, 5) is 12.7. The van der Waals surface area contributed by atoms with E-state index in [0.717, 1.165) is 12.8 Å². The normalized spacial score (nSPS) is 10.2. The number of nitrogens with zero attached hydrogens (tertiary/aromatic N) is 1. The van der Waals surface area contributed by atoms with Gasteiger partial charge in [0.25, 0.3) is 0 Å². The van der Waals surface area contributed by atoms with Crippen molar-refractivity contribution in [2.75, 3.05) is 20.2 Å². The molecule has 1 N–H and O–H groups in total. The Labute approximate surface area is 96.7 Å². The van der Waals surface area contributed by atoms with Crippen molar-refractivity contribution < 1.29 is 9.90 Å². The number of amides is 1. The number of rotatable bonds is 5. The lowest BCUT2D eigenvalue weighted by Gasteiger charge is -2.15. The minimum atomic E-state index is -0.411. The minimum Gasteiger partial charge on any atom is -0.387 e. The molecule has 1 rings (SSSR count). The van der Waals surface area contributed by atoms with Crippen LogP contribution in [0.1, 0.15) is 18.1 Å². The van der Waals surface area contributed by atoms with Crippen molar-refractivity contribution in [1.82, 2.24) is 4.90 Å². The monoisotopic (exact) mass is 221 g/mol. The average molecular weight is 221 g/mol. The number of likely N-dealkylation sites (N-methyl/N-ethyl adjacent to an activating group) is 1. The molecule has 0 aromatic heterocycles. The first-order valence-electron chi connectivity index (χ1n) is 5.60. The molecule has 0 saturated heterocycles. The number of benzene rings is 1. The standard InChI is InChI=1S/C13H19NO2/c1-3-11-4-6-12(7-5-11)8-9-14(2)13(16)10-15/h4-7,15H,3,8-10H2,1-2H3. The van der Waals surface area contributed by atoms with Crippen LogP contribution in [0, 0.1) is 0 Å². The molecule has 0 fully saturated rings. The van der Waals surface area contributed by atoms with E-state index in [0.29, 0.717) is 6.54 Å². The van der Waals surface area contributed by atoms with Crippen molar-refractivity contribution in [3.63, 3.8) is 0 Å². The maximum atomic E-state index is 11.1. The number of carbonyl (C=O) groups excluding carboxylic acids is 1. The summed E-state index contributed by atoms with van der Waals surface area (Å²) in [5, 5.41) is 8.68. The molecule has 16 heavy (non-hydrogen) atoms. The van der Waals surface area contributed by atoms with E-state index in [-0.39, 0.29) is 5.91 Å². The van der Waals surface area contributed by atoms with E-state index in [1.54, 1.807) is 11.9 Å². The molecule has 0 aliphatic rings. The molecule has 3 heteroatoms. The highest BCUT2D eigenvalue weighted by Gasteiger charge is 2.06. The first-order chi connectivity index (χ1) is 7.67. The molecule has 0 aliphatic heterocycles. The van der Waals surface area contributed by atoms with Crippen LogP contribution in [-0.4, -0.2) is 36.1 Å². The zero-order chi connectivity index (χ0) is 12.0. The summed E-state index contributed by atoms with van der Waals surface area (Å²) in [7, 11) is 1.71. The van der Waals surface area contributed by atoms with Crippen molar-refractivity contribution in [2.45, 2.75) is 19.8 Å². The van der Waals surface area contributed by atoms with Crippen LogP contribution in [0.25, 0.3) is 0 Å². The van der Waals surface area contributed by atoms with Gasteiger partial charge < -0.3 is 10.0 Å². The van der Waals surface area contributed by atoms with Crippen LogP contribution >= 0.6 is 0 Å². The largest absolute Gasteiger partial charge is 0.387 e. The van der Waals surface area contributed by atoms with Crippen molar-refractivity contribution in [3.8, 4) is 0 Å². The molecule has 0 aliphatic carbocycles. The average Bonchev–Trinajstić information content (AvgIpc) is 2.35. The van der Waals surface area contributed by atoms with Crippen LogP contribution in [0.4, 0.5) is 0 Å². The predicted octanol–water partition coefficient (Wildman–Crippen LogP) is 1.24. The van der Waals surface area contributed by atoms with E-state index in [2.05, 4.69) is 31.2 Å². The third kappa shape index (κ3) is 3.66. The summed E-state index contributed by atoms with van der Waals surface area (Å²) in [5.74, 6) is -0.231. The highest BCUT2D eigenvalue weighted by Crippen LogP contribution is 2.06. The summed E-state index contributed by atoms with van der Waals surface area (Å²) in [6, 6.07) is 8.42. The molecule has 0 radical (unpaired) electrons. The van der Waals surface area contributed by atoms with Gasteiger partial charge in [0, 0.05) is 13.6 Å². The number of aryl methyl sites for hydroxylation is 1. The zero-order valence-electron chi connectivity index (χ0n) is 9.94. The Morgan fingerprint density at radius 1 is 1.25 bits per heavy atom. The SMILES string of the molecule is CCc1ccc(CCN(C)C(=O)CO)cc1. The Bertz CT molecular complexity index is 332. The van der Waals surface area contributed by atoms with Gasteiger partial charge >= 0.3 is 0 Å². The molecular formula is C13H19NO2. The lowest BCUT2D eigenvalue weighted by molar-refractivity contribution is -0.132. The maximum absolute atomic E-state index is 11.1. The Morgan fingerprint density at radius 3 is 2.31 bits per heavy atom. The first kappa shape index (κ1) is 12.7. The van der Waals surface area contributed by atoms with Crippen molar-refractivity contribution in [1.29, 1.82) is 0 Å². The van der Waals surface area contributed by atoms with E-state index in [4.69, 9.17) is 5.11 Å². The van der Waals surface area contributed by atoms with Crippen molar-refractivity contribution in [2.24, 2.45) is 0 Å². The molecule has 0 spiro atoms. The minimum absolute atomic E-state index is 0.231. The van der Waals surface area contributed by atoms with Gasteiger partial charge in [0.2, 0.25) is 5.91 Å². The molecule has 0 bridgehead atoms. The lowest BCUT2D eigenvalue weighted by Crippen LogP contribution is -2.31. The van der Waals surface area contributed by atoms with Crippen molar-refractivity contribution in [3.05, 3.63) is 35.4 Å². The molecule has 1 amide bonds. The van der Waals surface area contributed by atoms with Crippen LogP contribution in [0.3, 0.4) is 0 Å². The Balaban J connectivity index is 2.45. The van der Waals surface area contributed by atoms with Crippen LogP contribution in [0.5, 0.6) is 0 Å². The summed E-state index contributed by atoms with van der Waals surface area (Å²) in [6.07, 6.45) is 1.87. The Kier molecular flexibility index (Phi) is 4.99. The topological polar surface area (TPSA) is 40.5 Å². The summed E-state index contributed by atoms with van der Waals surface area (Å²) >= 11 is 0. The molecule has 0 heterocycles. The number of aliphatic hydroxyl groups excluding tert-OH is 1. The molecule has 1 aromatic rings. The zero-order valence-corrected chi connectivity index (χ0v) is 9.94. The van der Waals surface area contributed by atoms with E-state index in [1.807, 2.05) is 0 Å². The third-order valence-electron chi connectivity index (χ3n) is 2.73. The van der Waals surface area contributed by atoms with Gasteiger partial charge in [-0.25, -0.2) is 0 Å². The van der Waals surface area contributed by atoms with Crippen LogP contribution in [0.15, 0.2) is 24.3 Å². The fourth-order valence-electron chi connectivity index (χ4n) is 1.48. The van der Waals surface area contributed by atoms with Crippen LogP contribution in [-0.2, 0) is 17.6 Å². The van der Waals surface area contributed by atoms with E-state index in [1.165, 1.54) is 11.1 Å². The van der Waals surface area contributed by atoms with E-state index < -0.39 is 6.61 Å². The number of hydrogen-bond acceptors (Lipinski definition) is 2. The summed E-state index contributed by atoms with van der Waals surface area (Å²) < 4.78 is 0. The number of hydrogen-bond donors (Lipinski definition) is 1. The molecular weight excluding hydrogens is 202 g/mol. The van der Waals surface area contributed by atoms with Gasteiger partial charge in [-0.1, -0.05) is 31.2 Å². The van der Waals surface area contributed by atoms with Gasteiger partial charge in [0.1, 0.15) is 6.61 Å². The quantitative estimate of drug-likeness (QED) is 0.812. The fraction of sp³-hybridized carbons (Fsp3) is 0.462. The van der Waals surface area contributed by atoms with Crippen molar-refractivity contribution >= 4 is 5.91 Å². The molecule has 88 valence electrons. The van der Waals surface area contributed by atoms with E-state index in [9.17, 15) is 4.79 Å². The summed E-state index contributed by atoms with van der Waals surface area (Å²) in [5.41, 5.74) is 2.54. The van der Waals surface area contributed by atoms with Gasteiger partial charge in [0.05, 0.1) is 0 Å². The Hall–Kier alpha value is -1.35. The highest BCUT2D eigenvalue weighted by molar-refractivity contribution is 5.76. The smallest absolute Gasteiger partial charge is 0.248 e. The Morgan fingerprint density at radius 2 is 1.81 bits per heavy atom. The molecule has 3 nitrogen and oxygen atoms in total. The van der Waals surface area contributed by atoms with Gasteiger partial charge in [-0.3, -0.25) is 4.79 Å². The van der Waals surface area contributed by atoms with Gasteiger partial charge in [-0.15, -0.1) is 0 Å². The predicted molar refractivity (Wildman–Crippen MR) is 64.2 cm³/mol. The third-order valence-corrected chi connectivity index (χ3v) is 2.73. The number of carbonyl (C=O) groups is 1. The highest BCUT2D eigenvalue weighted by atomic mass is 16.3. The number of aliphatic hydroxyl groups is 1. The molecule has 0 atom stereocenters. The van der Waals surface area contributed by atoms with Gasteiger partial charge in [-0.2, -0.15) is 0 Å². The second-order valence-corrected chi connectivity index (χ2v) is 3.89. The first-order valence-corrected chi connectivity index (χ1v) is 5.60. The molecule has 1 aromatic carbocycles.